The Labute approximate surface area is 67.3 Å². The molecule has 0 heterocycles. The molecule has 0 spiro atoms. The van der Waals surface area contributed by atoms with Gasteiger partial charge in [0.1, 0.15) is 0 Å². The Kier molecular flexibility index (Phi) is 3.23. The zero-order valence-electron chi connectivity index (χ0n) is 7.55. The lowest BCUT2D eigenvalue weighted by Gasteiger charge is -2.16. The van der Waals surface area contributed by atoms with Crippen molar-refractivity contribution in [1.29, 1.82) is 0 Å². The van der Waals surface area contributed by atoms with Crippen molar-refractivity contribution in [2.75, 3.05) is 0 Å². The van der Waals surface area contributed by atoms with Crippen LogP contribution in [0.2, 0.25) is 0 Å². The fraction of sp³-hybridized carbons (Fsp3) is 0.750. The first kappa shape index (κ1) is 10.1. The summed E-state index contributed by atoms with van der Waals surface area (Å²) in [5.41, 5.74) is 0.957. The van der Waals surface area contributed by atoms with Crippen molar-refractivity contribution in [2.24, 2.45) is 5.41 Å². The second kappa shape index (κ2) is 3.51. The zero-order valence-corrected chi connectivity index (χ0v) is 7.55. The van der Waals surface area contributed by atoms with E-state index in [0.29, 0.717) is 0 Å². The van der Waals surface area contributed by atoms with Gasteiger partial charge in [0, 0.05) is 0 Å². The molecule has 0 fully saturated rings. The first-order valence-corrected chi connectivity index (χ1v) is 3.62. The Morgan fingerprint density at radius 1 is 1.55 bits per heavy atom. The van der Waals surface area contributed by atoms with Gasteiger partial charge in [0.25, 0.3) is 0 Å². The van der Waals surface area contributed by atoms with E-state index in [0.717, 1.165) is 18.2 Å². The van der Waals surface area contributed by atoms with Crippen LogP contribution in [0.5, 0.6) is 0 Å². The zero-order chi connectivity index (χ0) is 9.07. The normalized spacial score (nSPS) is 13.3. The van der Waals surface area contributed by atoms with Crippen molar-refractivity contribution in [3.63, 3.8) is 0 Å². The van der Waals surface area contributed by atoms with Crippen LogP contribution >= 0.6 is 0 Å². The number of nitro groups is 1. The van der Waals surface area contributed by atoms with Crippen LogP contribution in [0.1, 0.15) is 34.1 Å². The Bertz CT molecular complexity index is 177. The van der Waals surface area contributed by atoms with Crippen LogP contribution in [0.3, 0.4) is 0 Å². The summed E-state index contributed by atoms with van der Waals surface area (Å²) < 4.78 is 0. The largest absolute Gasteiger partial charge is 0.259 e. The van der Waals surface area contributed by atoms with Gasteiger partial charge < -0.3 is 0 Å². The predicted octanol–water partition coefficient (Wildman–Crippen LogP) is 2.60. The van der Waals surface area contributed by atoms with E-state index in [2.05, 4.69) is 20.8 Å². The molecule has 0 saturated carbocycles. The monoisotopic (exact) mass is 157 g/mol. The van der Waals surface area contributed by atoms with Crippen molar-refractivity contribution in [2.45, 2.75) is 34.1 Å². The van der Waals surface area contributed by atoms with E-state index in [1.165, 1.54) is 0 Å². The van der Waals surface area contributed by atoms with E-state index in [1.807, 2.05) is 0 Å². The molecular weight excluding hydrogens is 142 g/mol. The number of hydrogen-bond donors (Lipinski definition) is 0. The first-order chi connectivity index (χ1) is 4.81. The van der Waals surface area contributed by atoms with E-state index in [-0.39, 0.29) is 5.41 Å². The number of rotatable bonds is 2. The minimum atomic E-state index is -0.402. The summed E-state index contributed by atoms with van der Waals surface area (Å²) in [4.78, 5) is 9.62. The molecule has 0 aromatic carbocycles. The standard InChI is InChI=1S/C8H15NO2/c1-7(6-9(10)11)5-8(2,3)4/h6H,5H2,1-4H3. The fourth-order valence-electron chi connectivity index (χ4n) is 1.06. The summed E-state index contributed by atoms with van der Waals surface area (Å²) in [7, 11) is 0. The Morgan fingerprint density at radius 3 is 2.27 bits per heavy atom. The molecule has 0 aliphatic rings. The Morgan fingerprint density at radius 2 is 2.00 bits per heavy atom. The third kappa shape index (κ3) is 7.03. The molecule has 3 heteroatoms. The maximum Gasteiger partial charge on any atom is 0.233 e. The van der Waals surface area contributed by atoms with Crippen molar-refractivity contribution in [3.8, 4) is 0 Å². The fourth-order valence-corrected chi connectivity index (χ4v) is 1.06. The van der Waals surface area contributed by atoms with Gasteiger partial charge in [0.15, 0.2) is 0 Å². The third-order valence-electron chi connectivity index (χ3n) is 1.13. The van der Waals surface area contributed by atoms with Crippen molar-refractivity contribution in [3.05, 3.63) is 21.9 Å². The molecule has 0 unspecified atom stereocenters. The highest BCUT2D eigenvalue weighted by atomic mass is 16.6. The van der Waals surface area contributed by atoms with Crippen molar-refractivity contribution >= 4 is 0 Å². The molecule has 0 aromatic rings. The molecule has 3 nitrogen and oxygen atoms in total. The van der Waals surface area contributed by atoms with Gasteiger partial charge in [-0.25, -0.2) is 0 Å². The van der Waals surface area contributed by atoms with E-state index >= 15 is 0 Å². The molecule has 0 N–H and O–H groups in total. The Hall–Kier alpha value is -0.860. The molecule has 64 valence electrons. The van der Waals surface area contributed by atoms with Crippen LogP contribution in [-0.2, 0) is 0 Å². The van der Waals surface area contributed by atoms with E-state index < -0.39 is 4.92 Å². The highest BCUT2D eigenvalue weighted by Crippen LogP contribution is 2.23. The topological polar surface area (TPSA) is 43.1 Å². The number of hydrogen-bond acceptors (Lipinski definition) is 2. The average Bonchev–Trinajstić information content (AvgIpc) is 1.53. The van der Waals surface area contributed by atoms with Gasteiger partial charge in [0.05, 0.1) is 4.92 Å². The highest BCUT2D eigenvalue weighted by molar-refractivity contribution is 4.95. The summed E-state index contributed by atoms with van der Waals surface area (Å²) in [6, 6.07) is 0. The van der Waals surface area contributed by atoms with Gasteiger partial charge >= 0.3 is 0 Å². The molecule has 0 aliphatic heterocycles. The van der Waals surface area contributed by atoms with Gasteiger partial charge in [-0.2, -0.15) is 0 Å². The number of allylic oxidation sites excluding steroid dienone is 1. The Balaban J connectivity index is 4.07. The minimum absolute atomic E-state index is 0.136. The van der Waals surface area contributed by atoms with Crippen LogP contribution < -0.4 is 0 Å². The van der Waals surface area contributed by atoms with Crippen LogP contribution in [0, 0.1) is 15.5 Å². The molecule has 0 rings (SSSR count). The van der Waals surface area contributed by atoms with Crippen molar-refractivity contribution < 1.29 is 4.92 Å². The summed E-state index contributed by atoms with van der Waals surface area (Å²) in [5.74, 6) is 0. The van der Waals surface area contributed by atoms with Crippen LogP contribution in [0.4, 0.5) is 0 Å². The molecule has 0 aliphatic carbocycles. The molecule has 0 bridgehead atoms. The van der Waals surface area contributed by atoms with Crippen LogP contribution in [-0.4, -0.2) is 4.92 Å². The van der Waals surface area contributed by atoms with Gasteiger partial charge in [0.2, 0.25) is 6.20 Å². The van der Waals surface area contributed by atoms with Gasteiger partial charge in [-0.05, 0) is 24.3 Å². The van der Waals surface area contributed by atoms with Gasteiger partial charge in [-0.1, -0.05) is 20.8 Å². The van der Waals surface area contributed by atoms with Crippen molar-refractivity contribution in [1.82, 2.24) is 0 Å². The van der Waals surface area contributed by atoms with E-state index in [4.69, 9.17) is 0 Å². The molecular formula is C8H15NO2. The van der Waals surface area contributed by atoms with E-state index in [9.17, 15) is 10.1 Å². The molecule has 0 radical (unpaired) electrons. The molecule has 0 atom stereocenters. The lowest BCUT2D eigenvalue weighted by Crippen LogP contribution is -2.05. The lowest BCUT2D eigenvalue weighted by atomic mass is 9.89. The van der Waals surface area contributed by atoms with E-state index in [1.54, 1.807) is 6.92 Å². The molecule has 0 amide bonds. The second-order valence-corrected chi connectivity index (χ2v) is 4.00. The molecule has 0 aromatic heterocycles. The van der Waals surface area contributed by atoms with Gasteiger partial charge in [-0.15, -0.1) is 0 Å². The maximum absolute atomic E-state index is 10.0. The van der Waals surface area contributed by atoms with Crippen LogP contribution in [0.15, 0.2) is 11.8 Å². The van der Waals surface area contributed by atoms with Gasteiger partial charge in [-0.3, -0.25) is 10.1 Å². The molecule has 0 saturated heterocycles. The summed E-state index contributed by atoms with van der Waals surface area (Å²) in [5, 5.41) is 10.0. The molecule has 11 heavy (non-hydrogen) atoms. The number of nitrogens with zero attached hydrogens (tertiary/aromatic N) is 1. The summed E-state index contributed by atoms with van der Waals surface area (Å²) in [6.07, 6.45) is 1.85. The minimum Gasteiger partial charge on any atom is -0.259 e. The third-order valence-corrected chi connectivity index (χ3v) is 1.13. The predicted molar refractivity (Wildman–Crippen MR) is 44.8 cm³/mol. The summed E-state index contributed by atoms with van der Waals surface area (Å²) in [6.45, 7) is 7.97. The SMILES string of the molecule is CC(=C[N+](=O)[O-])CC(C)(C)C. The maximum atomic E-state index is 10.0. The first-order valence-electron chi connectivity index (χ1n) is 3.62. The second-order valence-electron chi connectivity index (χ2n) is 4.00. The van der Waals surface area contributed by atoms with Crippen LogP contribution in [0.25, 0.3) is 0 Å². The summed E-state index contributed by atoms with van der Waals surface area (Å²) >= 11 is 0. The quantitative estimate of drug-likeness (QED) is 0.456. The lowest BCUT2D eigenvalue weighted by molar-refractivity contribution is -0.403. The smallest absolute Gasteiger partial charge is 0.233 e. The highest BCUT2D eigenvalue weighted by Gasteiger charge is 2.12. The average molecular weight is 157 g/mol.